The molecule has 1 aromatic rings. The van der Waals surface area contributed by atoms with Crippen LogP contribution >= 0.6 is 0 Å². The number of aromatic carboxylic acids is 1. The summed E-state index contributed by atoms with van der Waals surface area (Å²) in [6.45, 7) is 1.62. The Morgan fingerprint density at radius 3 is 2.93 bits per heavy atom. The Morgan fingerprint density at radius 2 is 2.36 bits per heavy atom. The predicted molar refractivity (Wildman–Crippen MR) is 50.1 cm³/mol. The van der Waals surface area contributed by atoms with Crippen LogP contribution in [0.1, 0.15) is 29.2 Å². The molecule has 2 rings (SSSR count). The van der Waals surface area contributed by atoms with E-state index in [9.17, 15) is 4.79 Å². The number of carboxylic acid groups (broad SMARTS) is 1. The zero-order valence-corrected chi connectivity index (χ0v) is 7.82. The van der Waals surface area contributed by atoms with Gasteiger partial charge in [0.05, 0.1) is 6.54 Å². The van der Waals surface area contributed by atoms with Gasteiger partial charge < -0.3 is 14.8 Å². The quantitative estimate of drug-likeness (QED) is 0.747. The van der Waals surface area contributed by atoms with Gasteiger partial charge in [-0.05, 0) is 37.4 Å². The van der Waals surface area contributed by atoms with Gasteiger partial charge in [0.15, 0.2) is 0 Å². The van der Waals surface area contributed by atoms with Crippen molar-refractivity contribution in [2.24, 2.45) is 5.92 Å². The third kappa shape index (κ3) is 2.35. The van der Waals surface area contributed by atoms with Crippen molar-refractivity contribution in [3.05, 3.63) is 23.7 Å². The fourth-order valence-corrected chi connectivity index (χ4v) is 1.31. The lowest BCUT2D eigenvalue weighted by molar-refractivity contribution is 0.0660. The molecule has 1 aromatic heterocycles. The summed E-state index contributed by atoms with van der Waals surface area (Å²) >= 11 is 0. The second kappa shape index (κ2) is 3.84. The summed E-state index contributed by atoms with van der Waals surface area (Å²) in [6, 6.07) is 3.18. The topological polar surface area (TPSA) is 62.5 Å². The minimum atomic E-state index is -1.02. The molecular formula is C10H13NO3. The van der Waals surface area contributed by atoms with Gasteiger partial charge in [0.2, 0.25) is 5.76 Å². The van der Waals surface area contributed by atoms with Gasteiger partial charge in [0.25, 0.3) is 0 Å². The van der Waals surface area contributed by atoms with Gasteiger partial charge in [-0.3, -0.25) is 0 Å². The molecule has 1 fully saturated rings. The number of hydrogen-bond donors (Lipinski definition) is 2. The van der Waals surface area contributed by atoms with Crippen molar-refractivity contribution in [1.82, 2.24) is 5.32 Å². The molecule has 1 saturated carbocycles. The maximum absolute atomic E-state index is 10.5. The molecule has 4 heteroatoms. The molecule has 0 aliphatic heterocycles. The number of nitrogens with one attached hydrogen (secondary N) is 1. The summed E-state index contributed by atoms with van der Waals surface area (Å²) in [7, 11) is 0. The second-order valence-electron chi connectivity index (χ2n) is 3.65. The summed E-state index contributed by atoms with van der Waals surface area (Å²) in [5.41, 5.74) is 0. The number of rotatable bonds is 5. The van der Waals surface area contributed by atoms with Crippen molar-refractivity contribution in [3.63, 3.8) is 0 Å². The first kappa shape index (κ1) is 9.27. The smallest absolute Gasteiger partial charge is 0.371 e. The normalized spacial score (nSPS) is 15.7. The Labute approximate surface area is 81.9 Å². The highest BCUT2D eigenvalue weighted by atomic mass is 16.4. The summed E-state index contributed by atoms with van der Waals surface area (Å²) in [6.07, 6.45) is 2.62. The first-order valence-corrected chi connectivity index (χ1v) is 4.78. The van der Waals surface area contributed by atoms with Crippen molar-refractivity contribution in [2.45, 2.75) is 19.4 Å². The minimum Gasteiger partial charge on any atom is -0.475 e. The van der Waals surface area contributed by atoms with Gasteiger partial charge in [-0.25, -0.2) is 4.79 Å². The summed E-state index contributed by atoms with van der Waals surface area (Å²) in [5, 5.41) is 11.8. The van der Waals surface area contributed by atoms with Gasteiger partial charge in [0.1, 0.15) is 5.76 Å². The van der Waals surface area contributed by atoms with Crippen LogP contribution in [0.25, 0.3) is 0 Å². The van der Waals surface area contributed by atoms with Gasteiger partial charge in [0, 0.05) is 0 Å². The Hall–Kier alpha value is -1.29. The number of carboxylic acids is 1. The Morgan fingerprint density at radius 1 is 1.57 bits per heavy atom. The first-order chi connectivity index (χ1) is 6.75. The van der Waals surface area contributed by atoms with E-state index in [0.29, 0.717) is 12.3 Å². The minimum absolute atomic E-state index is 0.00761. The fourth-order valence-electron chi connectivity index (χ4n) is 1.31. The molecule has 0 radical (unpaired) electrons. The number of carbonyl (C=O) groups is 1. The molecule has 0 aromatic carbocycles. The van der Waals surface area contributed by atoms with Gasteiger partial charge >= 0.3 is 5.97 Å². The number of furan rings is 1. The average molecular weight is 195 g/mol. The van der Waals surface area contributed by atoms with Crippen LogP contribution in [0.5, 0.6) is 0 Å². The van der Waals surface area contributed by atoms with Crippen LogP contribution in [0.15, 0.2) is 16.5 Å². The first-order valence-electron chi connectivity index (χ1n) is 4.78. The van der Waals surface area contributed by atoms with Gasteiger partial charge in [-0.15, -0.1) is 0 Å². The Bertz CT molecular complexity index is 328. The largest absolute Gasteiger partial charge is 0.475 e. The standard InChI is InChI=1S/C10H13NO3/c12-10(13)9-4-3-8(14-9)6-11-5-7-1-2-7/h3-4,7,11H,1-2,5-6H2,(H,12,13). The predicted octanol–water partition coefficient (Wildman–Crippen LogP) is 1.48. The van der Waals surface area contributed by atoms with E-state index in [1.807, 2.05) is 0 Å². The summed E-state index contributed by atoms with van der Waals surface area (Å²) in [4.78, 5) is 10.5. The maximum Gasteiger partial charge on any atom is 0.371 e. The third-order valence-electron chi connectivity index (χ3n) is 2.30. The molecule has 76 valence electrons. The van der Waals surface area contributed by atoms with Crippen LogP contribution in [-0.4, -0.2) is 17.6 Å². The van der Waals surface area contributed by atoms with Crippen LogP contribution in [0, 0.1) is 5.92 Å². The van der Waals surface area contributed by atoms with E-state index >= 15 is 0 Å². The van der Waals surface area contributed by atoms with E-state index in [2.05, 4.69) is 5.32 Å². The molecule has 2 N–H and O–H groups in total. The highest BCUT2D eigenvalue weighted by Crippen LogP contribution is 2.27. The van der Waals surface area contributed by atoms with E-state index in [1.54, 1.807) is 6.07 Å². The van der Waals surface area contributed by atoms with Crippen LogP contribution in [-0.2, 0) is 6.54 Å². The fraction of sp³-hybridized carbons (Fsp3) is 0.500. The van der Waals surface area contributed by atoms with E-state index in [4.69, 9.17) is 9.52 Å². The molecule has 0 unspecified atom stereocenters. The molecule has 0 spiro atoms. The summed E-state index contributed by atoms with van der Waals surface area (Å²) in [5.74, 6) is 0.499. The SMILES string of the molecule is O=C(O)c1ccc(CNCC2CC2)o1. The van der Waals surface area contributed by atoms with Crippen LogP contribution < -0.4 is 5.32 Å². The molecule has 4 nitrogen and oxygen atoms in total. The maximum atomic E-state index is 10.5. The lowest BCUT2D eigenvalue weighted by Gasteiger charge is -1.99. The van der Waals surface area contributed by atoms with Crippen molar-refractivity contribution >= 4 is 5.97 Å². The molecule has 0 amide bonds. The molecule has 1 aliphatic rings. The highest BCUT2D eigenvalue weighted by molar-refractivity contribution is 5.84. The molecular weight excluding hydrogens is 182 g/mol. The zero-order valence-electron chi connectivity index (χ0n) is 7.82. The van der Waals surface area contributed by atoms with E-state index in [-0.39, 0.29) is 5.76 Å². The lowest BCUT2D eigenvalue weighted by atomic mass is 10.4. The molecule has 1 heterocycles. The van der Waals surface area contributed by atoms with Crippen molar-refractivity contribution in [1.29, 1.82) is 0 Å². The third-order valence-corrected chi connectivity index (χ3v) is 2.30. The average Bonchev–Trinajstić information content (AvgIpc) is 2.82. The van der Waals surface area contributed by atoms with Crippen LogP contribution in [0.3, 0.4) is 0 Å². The molecule has 1 aliphatic carbocycles. The molecule has 0 atom stereocenters. The van der Waals surface area contributed by atoms with E-state index < -0.39 is 5.97 Å². The van der Waals surface area contributed by atoms with Crippen molar-refractivity contribution < 1.29 is 14.3 Å². The van der Waals surface area contributed by atoms with E-state index in [1.165, 1.54) is 18.9 Å². The Balaban J connectivity index is 1.79. The monoisotopic (exact) mass is 195 g/mol. The zero-order chi connectivity index (χ0) is 9.97. The van der Waals surface area contributed by atoms with Gasteiger partial charge in [-0.1, -0.05) is 0 Å². The van der Waals surface area contributed by atoms with Gasteiger partial charge in [-0.2, -0.15) is 0 Å². The van der Waals surface area contributed by atoms with Crippen molar-refractivity contribution in [2.75, 3.05) is 6.54 Å². The van der Waals surface area contributed by atoms with E-state index in [0.717, 1.165) is 12.5 Å². The molecule has 0 bridgehead atoms. The Kier molecular flexibility index (Phi) is 2.54. The van der Waals surface area contributed by atoms with Crippen molar-refractivity contribution in [3.8, 4) is 0 Å². The van der Waals surface area contributed by atoms with Crippen LogP contribution in [0.2, 0.25) is 0 Å². The molecule has 14 heavy (non-hydrogen) atoms. The summed E-state index contributed by atoms with van der Waals surface area (Å²) < 4.78 is 5.09. The number of hydrogen-bond acceptors (Lipinski definition) is 3. The second-order valence-corrected chi connectivity index (χ2v) is 3.65. The van der Waals surface area contributed by atoms with Crippen LogP contribution in [0.4, 0.5) is 0 Å². The highest BCUT2D eigenvalue weighted by Gasteiger charge is 2.20. The molecule has 0 saturated heterocycles. The lowest BCUT2D eigenvalue weighted by Crippen LogP contribution is -2.15.